The summed E-state index contributed by atoms with van der Waals surface area (Å²) >= 11 is 0. The minimum atomic E-state index is -0.654. The number of nitrogens with one attached hydrogen (secondary N) is 3. The molecule has 2 aromatic carbocycles. The van der Waals surface area contributed by atoms with Crippen LogP contribution in [0.25, 0.3) is 27.7 Å². The predicted molar refractivity (Wildman–Crippen MR) is 158 cm³/mol. The third-order valence-corrected chi connectivity index (χ3v) is 6.54. The van der Waals surface area contributed by atoms with E-state index in [1.165, 1.54) is 12.1 Å². The third kappa shape index (κ3) is 5.66. The number of hydrogen-bond acceptors (Lipinski definition) is 6. The van der Waals surface area contributed by atoms with Gasteiger partial charge in [0.1, 0.15) is 23.1 Å². The number of carbonyl (C=O) groups excluding carboxylic acids is 1. The molecule has 0 spiro atoms. The Morgan fingerprint density at radius 1 is 0.929 bits per heavy atom. The van der Waals surface area contributed by atoms with Crippen LogP contribution < -0.4 is 15.4 Å². The van der Waals surface area contributed by atoms with Crippen molar-refractivity contribution in [3.05, 3.63) is 103 Å². The van der Waals surface area contributed by atoms with Gasteiger partial charge in [-0.2, -0.15) is 10.2 Å². The number of amides is 2. The zero-order valence-corrected chi connectivity index (χ0v) is 23.1. The molecule has 6 rings (SSSR count). The number of pyridine rings is 2. The Kier molecular flexibility index (Phi) is 6.83. The number of hydrogen-bond donors (Lipinski definition) is 3. The number of urea groups is 1. The molecule has 10 nitrogen and oxygen atoms in total. The SMILES string of the molecule is CC(C)(C)c1cc(NC(=O)Nc2ccc(Oc3ccnc(-c4cn[nH]c4)c3)cc2F)n(-c2ccc3cnccc3c2)n1. The van der Waals surface area contributed by atoms with Crippen LogP contribution in [0.4, 0.5) is 20.7 Å². The monoisotopic (exact) mass is 562 g/mol. The van der Waals surface area contributed by atoms with Crippen LogP contribution in [0.3, 0.4) is 0 Å². The molecule has 4 aromatic heterocycles. The van der Waals surface area contributed by atoms with Gasteiger partial charge in [-0.15, -0.1) is 0 Å². The summed E-state index contributed by atoms with van der Waals surface area (Å²) in [6.45, 7) is 6.12. The maximum absolute atomic E-state index is 15.0. The molecule has 0 aliphatic carbocycles. The number of aromatic nitrogens is 6. The molecule has 2 amide bonds. The highest BCUT2D eigenvalue weighted by atomic mass is 19.1. The van der Waals surface area contributed by atoms with Crippen LogP contribution in [0.1, 0.15) is 26.5 Å². The molecule has 0 saturated carbocycles. The molecule has 0 bridgehead atoms. The Hall–Kier alpha value is -5.58. The fraction of sp³-hybridized carbons (Fsp3) is 0.129. The van der Waals surface area contributed by atoms with Crippen molar-refractivity contribution in [2.24, 2.45) is 0 Å². The van der Waals surface area contributed by atoms with E-state index >= 15 is 4.39 Å². The zero-order valence-electron chi connectivity index (χ0n) is 23.1. The summed E-state index contributed by atoms with van der Waals surface area (Å²) < 4.78 is 22.5. The first-order valence-electron chi connectivity index (χ1n) is 13.2. The number of nitrogens with zero attached hydrogens (tertiary/aromatic N) is 5. The van der Waals surface area contributed by atoms with Gasteiger partial charge in [0.2, 0.25) is 0 Å². The van der Waals surface area contributed by atoms with E-state index in [0.717, 1.165) is 27.7 Å². The Balaban J connectivity index is 1.20. The van der Waals surface area contributed by atoms with E-state index < -0.39 is 11.8 Å². The Bertz CT molecular complexity index is 1890. The van der Waals surface area contributed by atoms with E-state index in [4.69, 9.17) is 9.84 Å². The van der Waals surface area contributed by atoms with Gasteiger partial charge in [0.25, 0.3) is 0 Å². The average Bonchev–Trinajstić information content (AvgIpc) is 3.65. The summed E-state index contributed by atoms with van der Waals surface area (Å²) in [5.74, 6) is 0.533. The summed E-state index contributed by atoms with van der Waals surface area (Å²) in [6.07, 6.45) is 8.47. The topological polar surface area (TPSA) is 123 Å². The van der Waals surface area contributed by atoms with Crippen LogP contribution in [0, 0.1) is 5.82 Å². The van der Waals surface area contributed by atoms with E-state index in [-0.39, 0.29) is 16.9 Å². The molecule has 4 heterocycles. The Morgan fingerprint density at radius 3 is 2.57 bits per heavy atom. The number of fused-ring (bicyclic) bond motifs is 1. The summed E-state index contributed by atoms with van der Waals surface area (Å²) in [5, 5.41) is 18.8. The van der Waals surface area contributed by atoms with Crippen LogP contribution >= 0.6 is 0 Å². The molecule has 0 saturated heterocycles. The van der Waals surface area contributed by atoms with E-state index in [1.807, 2.05) is 51.1 Å². The smallest absolute Gasteiger partial charge is 0.324 e. The van der Waals surface area contributed by atoms with Crippen molar-refractivity contribution in [2.75, 3.05) is 10.6 Å². The van der Waals surface area contributed by atoms with Crippen LogP contribution in [0.2, 0.25) is 0 Å². The van der Waals surface area contributed by atoms with Gasteiger partial charge in [-0.1, -0.05) is 26.8 Å². The van der Waals surface area contributed by atoms with Gasteiger partial charge in [0, 0.05) is 59.4 Å². The molecule has 0 aliphatic rings. The van der Waals surface area contributed by atoms with E-state index in [2.05, 4.69) is 30.8 Å². The van der Waals surface area contributed by atoms with Crippen molar-refractivity contribution < 1.29 is 13.9 Å². The first-order chi connectivity index (χ1) is 20.2. The second-order valence-electron chi connectivity index (χ2n) is 10.7. The highest BCUT2D eigenvalue weighted by Gasteiger charge is 2.22. The number of aromatic amines is 1. The highest BCUT2D eigenvalue weighted by molar-refractivity contribution is 5.99. The molecule has 0 unspecified atom stereocenters. The molecule has 11 heteroatoms. The summed E-state index contributed by atoms with van der Waals surface area (Å²) in [5.41, 5.74) is 2.73. The molecule has 6 aromatic rings. The molecule has 0 aliphatic heterocycles. The maximum Gasteiger partial charge on any atom is 0.324 e. The molecule has 42 heavy (non-hydrogen) atoms. The van der Waals surface area contributed by atoms with Crippen molar-refractivity contribution in [3.63, 3.8) is 0 Å². The van der Waals surface area contributed by atoms with Gasteiger partial charge in [0.05, 0.1) is 29.0 Å². The minimum absolute atomic E-state index is 0.00557. The fourth-order valence-corrected chi connectivity index (χ4v) is 4.33. The predicted octanol–water partition coefficient (Wildman–Crippen LogP) is 7.08. The number of rotatable bonds is 6. The molecular formula is C31H27FN8O2. The first-order valence-corrected chi connectivity index (χ1v) is 13.2. The van der Waals surface area contributed by atoms with E-state index in [9.17, 15) is 4.79 Å². The first kappa shape index (κ1) is 26.6. The maximum atomic E-state index is 15.0. The van der Waals surface area contributed by atoms with Crippen molar-refractivity contribution in [2.45, 2.75) is 26.2 Å². The molecule has 0 radical (unpaired) electrons. The molecule has 0 fully saturated rings. The summed E-state index contributed by atoms with van der Waals surface area (Å²) in [7, 11) is 0. The van der Waals surface area contributed by atoms with Gasteiger partial charge in [-0.25, -0.2) is 13.9 Å². The van der Waals surface area contributed by atoms with Crippen LogP contribution in [0.15, 0.2) is 91.6 Å². The van der Waals surface area contributed by atoms with Crippen LogP contribution in [-0.2, 0) is 5.41 Å². The van der Waals surface area contributed by atoms with Crippen molar-refractivity contribution >= 4 is 28.3 Å². The molecule has 0 atom stereocenters. The second-order valence-corrected chi connectivity index (χ2v) is 10.7. The normalized spacial score (nSPS) is 11.4. The zero-order chi connectivity index (χ0) is 29.3. The van der Waals surface area contributed by atoms with Crippen molar-refractivity contribution in [1.82, 2.24) is 29.9 Å². The van der Waals surface area contributed by atoms with Crippen LogP contribution in [-0.4, -0.2) is 36.0 Å². The lowest BCUT2D eigenvalue weighted by molar-refractivity contribution is 0.262. The molecule has 210 valence electrons. The van der Waals surface area contributed by atoms with Gasteiger partial charge >= 0.3 is 6.03 Å². The quantitative estimate of drug-likeness (QED) is 0.199. The van der Waals surface area contributed by atoms with E-state index in [0.29, 0.717) is 17.3 Å². The Labute approximate surface area is 240 Å². The fourth-order valence-electron chi connectivity index (χ4n) is 4.33. The van der Waals surface area contributed by atoms with Crippen molar-refractivity contribution in [1.29, 1.82) is 0 Å². The second kappa shape index (κ2) is 10.8. The lowest BCUT2D eigenvalue weighted by Gasteiger charge is -2.14. The third-order valence-electron chi connectivity index (χ3n) is 6.54. The summed E-state index contributed by atoms with van der Waals surface area (Å²) in [6, 6.07) is 16.6. The average molecular weight is 563 g/mol. The molecule has 3 N–H and O–H groups in total. The number of anilines is 2. The van der Waals surface area contributed by atoms with Crippen molar-refractivity contribution in [3.8, 4) is 28.4 Å². The number of benzene rings is 2. The molecular weight excluding hydrogens is 535 g/mol. The highest BCUT2D eigenvalue weighted by Crippen LogP contribution is 2.30. The Morgan fingerprint density at radius 2 is 1.79 bits per heavy atom. The van der Waals surface area contributed by atoms with Gasteiger partial charge in [-0.3, -0.25) is 20.4 Å². The number of ether oxygens (including phenoxy) is 1. The van der Waals surface area contributed by atoms with Gasteiger partial charge in [0.15, 0.2) is 0 Å². The van der Waals surface area contributed by atoms with Gasteiger partial charge < -0.3 is 10.1 Å². The number of halogens is 1. The lowest BCUT2D eigenvalue weighted by atomic mass is 9.92. The summed E-state index contributed by atoms with van der Waals surface area (Å²) in [4.78, 5) is 21.5. The van der Waals surface area contributed by atoms with Gasteiger partial charge in [-0.05, 0) is 41.8 Å². The number of H-pyrrole nitrogens is 1. The number of carbonyl (C=O) groups is 1. The lowest BCUT2D eigenvalue weighted by Crippen LogP contribution is -2.22. The van der Waals surface area contributed by atoms with E-state index in [1.54, 1.807) is 53.9 Å². The minimum Gasteiger partial charge on any atom is -0.457 e. The largest absolute Gasteiger partial charge is 0.457 e. The standard InChI is InChI=1S/C31H27FN8O2/c1-31(2,3)28-15-29(40(39-28)22-5-4-20-16-33-10-8-19(20)12-22)38-30(41)37-26-7-6-23(13-25(26)32)42-24-9-11-34-27(14-24)21-17-35-36-18-21/h4-18H,1-3H3,(H,35,36)(H2,37,38,41). The van der Waals surface area contributed by atoms with Crippen LogP contribution in [0.5, 0.6) is 11.5 Å².